The van der Waals surface area contributed by atoms with Crippen LogP contribution in [0.15, 0.2) is 4.99 Å². The number of guanidine groups is 1. The molecule has 0 unspecified atom stereocenters. The van der Waals surface area contributed by atoms with Crippen LogP contribution in [0.3, 0.4) is 0 Å². The molecule has 0 aliphatic carbocycles. The highest BCUT2D eigenvalue weighted by Gasteiger charge is 2.15. The summed E-state index contributed by atoms with van der Waals surface area (Å²) in [6, 6.07) is 0. The Morgan fingerprint density at radius 2 is 1.84 bits per heavy atom. The Kier molecular flexibility index (Phi) is 11.4. The highest BCUT2D eigenvalue weighted by atomic mass is 127. The van der Waals surface area contributed by atoms with Crippen molar-refractivity contribution in [3.8, 4) is 0 Å². The monoisotopic (exact) mass is 424 g/mol. The molecule has 0 aliphatic rings. The summed E-state index contributed by atoms with van der Waals surface area (Å²) in [7, 11) is -1.44. The summed E-state index contributed by atoms with van der Waals surface area (Å²) in [5.74, 6) is 0.674. The van der Waals surface area contributed by atoms with Gasteiger partial charge in [0, 0.05) is 31.4 Å². The molecule has 0 fully saturated rings. The van der Waals surface area contributed by atoms with Crippen molar-refractivity contribution >= 4 is 51.7 Å². The second kappa shape index (κ2) is 10.1. The van der Waals surface area contributed by atoms with Crippen LogP contribution in [0.4, 0.5) is 0 Å². The maximum atomic E-state index is 10.9. The Morgan fingerprint density at radius 1 is 1.26 bits per heavy atom. The van der Waals surface area contributed by atoms with Crippen LogP contribution in [-0.4, -0.2) is 58.3 Å². The first-order valence-electron chi connectivity index (χ1n) is 5.64. The Balaban J connectivity index is 0. The molecule has 0 aromatic rings. The average Bonchev–Trinajstić information content (AvgIpc) is 2.27. The van der Waals surface area contributed by atoms with E-state index in [0.717, 1.165) is 12.8 Å². The Labute approximate surface area is 138 Å². The molecular formula is C10H25IN4O2S2. The largest absolute Gasteiger partial charge is 0.355 e. The van der Waals surface area contributed by atoms with Gasteiger partial charge in [0.05, 0.1) is 6.26 Å². The lowest BCUT2D eigenvalue weighted by atomic mass is 10.2. The maximum absolute atomic E-state index is 10.9. The third-order valence-corrected chi connectivity index (χ3v) is 4.22. The third-order valence-electron chi connectivity index (χ3n) is 2.24. The molecule has 9 heteroatoms. The van der Waals surface area contributed by atoms with Gasteiger partial charge in [-0.25, -0.2) is 13.1 Å². The van der Waals surface area contributed by atoms with Crippen LogP contribution in [0.25, 0.3) is 0 Å². The van der Waals surface area contributed by atoms with Crippen molar-refractivity contribution in [2.75, 3.05) is 39.2 Å². The third kappa shape index (κ3) is 13.0. The summed E-state index contributed by atoms with van der Waals surface area (Å²) in [6.07, 6.45) is 3.20. The SMILES string of the molecule is CN=C(NCCNS(C)(=O)=O)NCC(C)(C)SC.I. The Bertz CT molecular complexity index is 372. The normalized spacial score (nSPS) is 12.8. The number of aliphatic imine (C=N–C) groups is 1. The number of halogens is 1. The molecule has 0 aliphatic heterocycles. The van der Waals surface area contributed by atoms with Crippen LogP contribution < -0.4 is 15.4 Å². The van der Waals surface area contributed by atoms with Crippen LogP contribution >= 0.6 is 35.7 Å². The van der Waals surface area contributed by atoms with Gasteiger partial charge in [-0.05, 0) is 20.1 Å². The first kappa shape index (κ1) is 21.6. The quantitative estimate of drug-likeness (QED) is 0.240. The first-order valence-corrected chi connectivity index (χ1v) is 8.76. The van der Waals surface area contributed by atoms with Crippen LogP contribution in [0.1, 0.15) is 13.8 Å². The topological polar surface area (TPSA) is 82.6 Å². The summed E-state index contributed by atoms with van der Waals surface area (Å²) in [5.41, 5.74) is 0. The van der Waals surface area contributed by atoms with E-state index in [9.17, 15) is 8.42 Å². The number of hydrogen-bond donors (Lipinski definition) is 3. The van der Waals surface area contributed by atoms with Gasteiger partial charge in [-0.15, -0.1) is 24.0 Å². The molecular weight excluding hydrogens is 399 g/mol. The van der Waals surface area contributed by atoms with E-state index in [0.29, 0.717) is 19.0 Å². The van der Waals surface area contributed by atoms with Crippen molar-refractivity contribution in [1.82, 2.24) is 15.4 Å². The molecule has 116 valence electrons. The Hall–Kier alpha value is 0.260. The molecule has 0 heterocycles. The zero-order valence-electron chi connectivity index (χ0n) is 12.1. The van der Waals surface area contributed by atoms with Crippen molar-refractivity contribution in [3.05, 3.63) is 0 Å². The lowest BCUT2D eigenvalue weighted by Gasteiger charge is -2.23. The Morgan fingerprint density at radius 3 is 2.26 bits per heavy atom. The summed E-state index contributed by atoms with van der Waals surface area (Å²) in [4.78, 5) is 4.07. The van der Waals surface area contributed by atoms with Crippen molar-refractivity contribution < 1.29 is 8.42 Å². The molecule has 0 atom stereocenters. The van der Waals surface area contributed by atoms with E-state index in [4.69, 9.17) is 0 Å². The molecule has 0 radical (unpaired) electrons. The standard InChI is InChI=1S/C10H24N4O2S2.HI/c1-10(2,17-4)8-13-9(11-3)12-6-7-14-18(5,15)16;/h14H,6-8H2,1-5H3,(H2,11,12,13);1H. The molecule has 0 saturated heterocycles. The molecule has 0 bridgehead atoms. The summed E-state index contributed by atoms with van der Waals surface area (Å²) < 4.78 is 24.2. The highest BCUT2D eigenvalue weighted by molar-refractivity contribution is 14.0. The minimum absolute atomic E-state index is 0. The van der Waals surface area contributed by atoms with Gasteiger partial charge in [0.25, 0.3) is 0 Å². The van der Waals surface area contributed by atoms with Gasteiger partial charge in [0.1, 0.15) is 0 Å². The van der Waals surface area contributed by atoms with E-state index in [1.54, 1.807) is 18.8 Å². The smallest absolute Gasteiger partial charge is 0.208 e. The minimum atomic E-state index is -3.12. The molecule has 0 aromatic carbocycles. The van der Waals surface area contributed by atoms with E-state index < -0.39 is 10.0 Å². The van der Waals surface area contributed by atoms with Gasteiger partial charge in [-0.3, -0.25) is 4.99 Å². The van der Waals surface area contributed by atoms with Crippen molar-refractivity contribution in [2.24, 2.45) is 4.99 Å². The summed E-state index contributed by atoms with van der Waals surface area (Å²) >= 11 is 1.77. The van der Waals surface area contributed by atoms with Gasteiger partial charge in [0.15, 0.2) is 5.96 Å². The fourth-order valence-electron chi connectivity index (χ4n) is 1.01. The molecule has 3 N–H and O–H groups in total. The maximum Gasteiger partial charge on any atom is 0.208 e. The first-order chi connectivity index (χ1) is 8.20. The second-order valence-corrected chi connectivity index (χ2v) is 7.83. The predicted molar refractivity (Wildman–Crippen MR) is 95.2 cm³/mol. The number of thioether (sulfide) groups is 1. The number of sulfonamides is 1. The minimum Gasteiger partial charge on any atom is -0.355 e. The van der Waals surface area contributed by atoms with Crippen molar-refractivity contribution in [2.45, 2.75) is 18.6 Å². The number of hydrogen-bond acceptors (Lipinski definition) is 4. The molecule has 0 saturated carbocycles. The van der Waals surface area contributed by atoms with Crippen molar-refractivity contribution in [1.29, 1.82) is 0 Å². The fraction of sp³-hybridized carbons (Fsp3) is 0.900. The van der Waals surface area contributed by atoms with E-state index in [1.165, 1.54) is 0 Å². The van der Waals surface area contributed by atoms with Crippen LogP contribution in [0.5, 0.6) is 0 Å². The molecule has 19 heavy (non-hydrogen) atoms. The van der Waals surface area contributed by atoms with Crippen LogP contribution in [0.2, 0.25) is 0 Å². The number of rotatable bonds is 7. The number of nitrogens with zero attached hydrogens (tertiary/aromatic N) is 1. The average molecular weight is 424 g/mol. The van der Waals surface area contributed by atoms with Gasteiger partial charge in [-0.2, -0.15) is 11.8 Å². The van der Waals surface area contributed by atoms with Gasteiger partial charge in [0.2, 0.25) is 10.0 Å². The molecule has 6 nitrogen and oxygen atoms in total. The van der Waals surface area contributed by atoms with E-state index in [-0.39, 0.29) is 28.7 Å². The van der Waals surface area contributed by atoms with Crippen LogP contribution in [0, 0.1) is 0 Å². The predicted octanol–water partition coefficient (Wildman–Crippen LogP) is 0.460. The lowest BCUT2D eigenvalue weighted by Crippen LogP contribution is -2.45. The zero-order chi connectivity index (χ0) is 14.2. The van der Waals surface area contributed by atoms with Gasteiger partial charge < -0.3 is 10.6 Å². The second-order valence-electron chi connectivity index (χ2n) is 4.48. The molecule has 0 aromatic heterocycles. The summed E-state index contributed by atoms with van der Waals surface area (Å²) in [5, 5.41) is 6.24. The van der Waals surface area contributed by atoms with E-state index >= 15 is 0 Å². The van der Waals surface area contributed by atoms with Crippen molar-refractivity contribution in [3.63, 3.8) is 0 Å². The zero-order valence-corrected chi connectivity index (χ0v) is 16.1. The highest BCUT2D eigenvalue weighted by Crippen LogP contribution is 2.19. The van der Waals surface area contributed by atoms with Crippen LogP contribution in [-0.2, 0) is 10.0 Å². The molecule has 0 rings (SSSR count). The summed E-state index contributed by atoms with van der Waals surface area (Å²) in [6.45, 7) is 5.90. The van der Waals surface area contributed by atoms with Gasteiger partial charge >= 0.3 is 0 Å². The van der Waals surface area contributed by atoms with Gasteiger partial charge in [-0.1, -0.05) is 0 Å². The lowest BCUT2D eigenvalue weighted by molar-refractivity contribution is 0.586. The molecule has 0 amide bonds. The fourth-order valence-corrected chi connectivity index (χ4v) is 1.70. The number of nitrogens with one attached hydrogen (secondary N) is 3. The van der Waals surface area contributed by atoms with E-state index in [2.05, 4.69) is 40.5 Å². The molecule has 0 spiro atoms. The van der Waals surface area contributed by atoms with E-state index in [1.807, 2.05) is 0 Å².